The zero-order chi connectivity index (χ0) is 14.3. The topological polar surface area (TPSA) is 44.8 Å². The first-order valence-electron chi connectivity index (χ1n) is 7.08. The van der Waals surface area contributed by atoms with Crippen molar-refractivity contribution in [3.8, 4) is 0 Å². The number of carbonyl (C=O) groups is 1. The monoisotopic (exact) mass is 270 g/mol. The van der Waals surface area contributed by atoms with Crippen LogP contribution < -0.4 is 0 Å². The van der Waals surface area contributed by atoms with E-state index in [2.05, 4.69) is 6.92 Å². The second-order valence-corrected chi connectivity index (χ2v) is 5.51. The Hall–Kier alpha value is -0.870. The lowest BCUT2D eigenvalue weighted by molar-refractivity contribution is -0.275. The molecule has 0 amide bonds. The Morgan fingerprint density at radius 2 is 2.26 bits per heavy atom. The van der Waals surface area contributed by atoms with Crippen LogP contribution in [0.1, 0.15) is 47.0 Å². The Kier molecular flexibility index (Phi) is 6.52. The van der Waals surface area contributed by atoms with Gasteiger partial charge in [0.05, 0.1) is 19.3 Å². The Morgan fingerprint density at radius 1 is 1.53 bits per heavy atom. The molecule has 1 fully saturated rings. The van der Waals surface area contributed by atoms with Gasteiger partial charge in [-0.2, -0.15) is 0 Å². The van der Waals surface area contributed by atoms with Crippen molar-refractivity contribution in [2.75, 3.05) is 13.2 Å². The Balaban J connectivity index is 2.27. The third-order valence-electron chi connectivity index (χ3n) is 3.08. The molecule has 0 aromatic heterocycles. The van der Waals surface area contributed by atoms with Gasteiger partial charge in [-0.25, -0.2) is 4.79 Å². The summed E-state index contributed by atoms with van der Waals surface area (Å²) in [6.07, 6.45) is 6.42. The molecule has 0 N–H and O–H groups in total. The van der Waals surface area contributed by atoms with Gasteiger partial charge >= 0.3 is 5.97 Å². The van der Waals surface area contributed by atoms with Gasteiger partial charge in [0.2, 0.25) is 0 Å². The predicted octanol–water partition coefficient (Wildman–Crippen LogP) is 3.06. The number of ether oxygens (including phenoxy) is 3. The molecule has 0 spiro atoms. The minimum atomic E-state index is -0.469. The minimum absolute atomic E-state index is 0.245. The molecular weight excluding hydrogens is 244 g/mol. The molecule has 0 saturated carbocycles. The maximum Gasteiger partial charge on any atom is 0.330 e. The predicted molar refractivity (Wildman–Crippen MR) is 73.7 cm³/mol. The summed E-state index contributed by atoms with van der Waals surface area (Å²) in [6, 6.07) is 0. The van der Waals surface area contributed by atoms with E-state index in [1.807, 2.05) is 19.9 Å². The minimum Gasteiger partial charge on any atom is -0.463 e. The molecule has 0 aromatic rings. The molecule has 110 valence electrons. The molecule has 0 bridgehead atoms. The van der Waals surface area contributed by atoms with Crippen LogP contribution in [0.4, 0.5) is 0 Å². The first-order valence-corrected chi connectivity index (χ1v) is 7.08. The zero-order valence-corrected chi connectivity index (χ0v) is 12.5. The van der Waals surface area contributed by atoms with E-state index in [1.165, 1.54) is 6.08 Å². The van der Waals surface area contributed by atoms with Gasteiger partial charge in [0.1, 0.15) is 0 Å². The van der Waals surface area contributed by atoms with Crippen molar-refractivity contribution < 1.29 is 19.0 Å². The number of allylic oxidation sites excluding steroid dienone is 1. The van der Waals surface area contributed by atoms with E-state index in [1.54, 1.807) is 6.92 Å². The molecule has 4 nitrogen and oxygen atoms in total. The summed E-state index contributed by atoms with van der Waals surface area (Å²) < 4.78 is 16.2. The molecule has 1 heterocycles. The Morgan fingerprint density at radius 3 is 2.89 bits per heavy atom. The standard InChI is InChI=1S/C15H26O4/c1-5-17-14(16)8-6-7-12(2)11-13-9-10-18-15(3,4)19-13/h6,8,12-13H,5,7,9-11H2,1-4H3/b8-6+/t12-,13-/m0/s1. The fraction of sp³-hybridized carbons (Fsp3) is 0.800. The van der Waals surface area contributed by atoms with Crippen LogP contribution in [0.3, 0.4) is 0 Å². The number of carbonyl (C=O) groups excluding carboxylic acids is 1. The maximum absolute atomic E-state index is 11.1. The van der Waals surface area contributed by atoms with Crippen LogP contribution in [0.15, 0.2) is 12.2 Å². The molecule has 1 rings (SSSR count). The van der Waals surface area contributed by atoms with Gasteiger partial charge in [-0.1, -0.05) is 13.0 Å². The summed E-state index contributed by atoms with van der Waals surface area (Å²) in [6.45, 7) is 9.04. The lowest BCUT2D eigenvalue weighted by atomic mass is 9.97. The molecule has 0 radical (unpaired) electrons. The highest BCUT2D eigenvalue weighted by Gasteiger charge is 2.29. The molecule has 0 aromatic carbocycles. The van der Waals surface area contributed by atoms with Crippen molar-refractivity contribution in [2.45, 2.75) is 58.8 Å². The highest BCUT2D eigenvalue weighted by molar-refractivity contribution is 5.81. The number of hydrogen-bond donors (Lipinski definition) is 0. The normalized spacial score (nSPS) is 24.3. The van der Waals surface area contributed by atoms with Crippen molar-refractivity contribution in [3.63, 3.8) is 0 Å². The van der Waals surface area contributed by atoms with Crippen molar-refractivity contribution in [3.05, 3.63) is 12.2 Å². The largest absolute Gasteiger partial charge is 0.463 e. The summed E-state index contributed by atoms with van der Waals surface area (Å²) in [5.41, 5.74) is 0. The van der Waals surface area contributed by atoms with Crippen LogP contribution >= 0.6 is 0 Å². The van der Waals surface area contributed by atoms with E-state index in [0.29, 0.717) is 12.5 Å². The number of rotatable bonds is 6. The van der Waals surface area contributed by atoms with E-state index in [0.717, 1.165) is 25.9 Å². The van der Waals surface area contributed by atoms with Crippen molar-refractivity contribution in [1.82, 2.24) is 0 Å². The molecule has 19 heavy (non-hydrogen) atoms. The van der Waals surface area contributed by atoms with Crippen LogP contribution in [0.25, 0.3) is 0 Å². The van der Waals surface area contributed by atoms with Gasteiger partial charge < -0.3 is 14.2 Å². The van der Waals surface area contributed by atoms with E-state index < -0.39 is 5.79 Å². The molecule has 2 atom stereocenters. The van der Waals surface area contributed by atoms with Crippen LogP contribution in [0, 0.1) is 5.92 Å². The van der Waals surface area contributed by atoms with Crippen LogP contribution in [0.5, 0.6) is 0 Å². The Bertz CT molecular complexity index is 309. The summed E-state index contributed by atoms with van der Waals surface area (Å²) in [5, 5.41) is 0. The number of esters is 1. The highest BCUT2D eigenvalue weighted by Crippen LogP contribution is 2.26. The zero-order valence-electron chi connectivity index (χ0n) is 12.5. The summed E-state index contributed by atoms with van der Waals surface area (Å²) in [7, 11) is 0. The third-order valence-corrected chi connectivity index (χ3v) is 3.08. The summed E-state index contributed by atoms with van der Waals surface area (Å²) in [4.78, 5) is 11.1. The second kappa shape index (κ2) is 7.65. The third kappa shape index (κ3) is 6.73. The molecule has 1 aliphatic rings. The summed E-state index contributed by atoms with van der Waals surface area (Å²) in [5.74, 6) is -0.258. The van der Waals surface area contributed by atoms with Crippen molar-refractivity contribution in [1.29, 1.82) is 0 Å². The fourth-order valence-corrected chi connectivity index (χ4v) is 2.23. The van der Waals surface area contributed by atoms with Gasteiger partial charge in [-0.3, -0.25) is 0 Å². The number of hydrogen-bond acceptors (Lipinski definition) is 4. The molecular formula is C15H26O4. The molecule has 0 aliphatic carbocycles. The lowest BCUT2D eigenvalue weighted by Crippen LogP contribution is -2.40. The van der Waals surface area contributed by atoms with Crippen LogP contribution in [-0.2, 0) is 19.0 Å². The lowest BCUT2D eigenvalue weighted by Gasteiger charge is -2.36. The van der Waals surface area contributed by atoms with Gasteiger partial charge in [0, 0.05) is 6.08 Å². The smallest absolute Gasteiger partial charge is 0.330 e. The van der Waals surface area contributed by atoms with Crippen LogP contribution in [-0.4, -0.2) is 31.1 Å². The fourth-order valence-electron chi connectivity index (χ4n) is 2.23. The van der Waals surface area contributed by atoms with Crippen molar-refractivity contribution in [2.24, 2.45) is 5.92 Å². The maximum atomic E-state index is 11.1. The average Bonchev–Trinajstić information content (AvgIpc) is 2.27. The van der Waals surface area contributed by atoms with Gasteiger partial charge in [0.15, 0.2) is 5.79 Å². The molecule has 4 heteroatoms. The second-order valence-electron chi connectivity index (χ2n) is 5.51. The van der Waals surface area contributed by atoms with Crippen molar-refractivity contribution >= 4 is 5.97 Å². The first-order chi connectivity index (χ1) is 8.93. The van der Waals surface area contributed by atoms with E-state index in [9.17, 15) is 4.79 Å². The average molecular weight is 270 g/mol. The van der Waals surface area contributed by atoms with Gasteiger partial charge in [-0.05, 0) is 46.0 Å². The quantitative estimate of drug-likeness (QED) is 0.549. The Labute approximate surface area is 116 Å². The first kappa shape index (κ1) is 16.2. The molecule has 1 saturated heterocycles. The van der Waals surface area contributed by atoms with Gasteiger partial charge in [-0.15, -0.1) is 0 Å². The molecule has 0 unspecified atom stereocenters. The molecule has 1 aliphatic heterocycles. The highest BCUT2D eigenvalue weighted by atomic mass is 16.7. The van der Waals surface area contributed by atoms with E-state index >= 15 is 0 Å². The SMILES string of the molecule is CCOC(=O)/C=C/C[C@H](C)C[C@@H]1CCOC(C)(C)O1. The van der Waals surface area contributed by atoms with Gasteiger partial charge in [0.25, 0.3) is 0 Å². The van der Waals surface area contributed by atoms with E-state index in [-0.39, 0.29) is 12.1 Å². The van der Waals surface area contributed by atoms with Crippen LogP contribution in [0.2, 0.25) is 0 Å². The summed E-state index contributed by atoms with van der Waals surface area (Å²) >= 11 is 0. The van der Waals surface area contributed by atoms with E-state index in [4.69, 9.17) is 14.2 Å².